The van der Waals surface area contributed by atoms with E-state index >= 15 is 0 Å². The highest BCUT2D eigenvalue weighted by atomic mass is 32.2. The van der Waals surface area contributed by atoms with E-state index in [9.17, 15) is 13.5 Å². The Bertz CT molecular complexity index is 568. The predicted molar refractivity (Wildman–Crippen MR) is 80.4 cm³/mol. The number of sulfonamides is 1. The van der Waals surface area contributed by atoms with E-state index in [-0.39, 0.29) is 12.6 Å². The van der Waals surface area contributed by atoms with Gasteiger partial charge in [-0.3, -0.25) is 0 Å². The molecule has 1 unspecified atom stereocenters. The maximum atomic E-state index is 12.8. The predicted octanol–water partition coefficient (Wildman–Crippen LogP) is 1.26. The summed E-state index contributed by atoms with van der Waals surface area (Å²) in [4.78, 5) is 2.98. The van der Waals surface area contributed by atoms with Crippen LogP contribution in [0, 0.1) is 6.92 Å². The molecule has 1 aromatic heterocycles. The third kappa shape index (κ3) is 2.92. The van der Waals surface area contributed by atoms with Crippen molar-refractivity contribution in [1.82, 2.24) is 9.21 Å². The van der Waals surface area contributed by atoms with Gasteiger partial charge in [0.25, 0.3) is 0 Å². The van der Waals surface area contributed by atoms with Crippen LogP contribution in [0.2, 0.25) is 0 Å². The van der Waals surface area contributed by atoms with Crippen molar-refractivity contribution in [1.29, 1.82) is 0 Å². The minimum absolute atomic E-state index is 0.00425. The van der Waals surface area contributed by atoms with Crippen molar-refractivity contribution < 1.29 is 13.5 Å². The molecule has 1 saturated heterocycles. The number of nitrogens with zero attached hydrogens (tertiary/aromatic N) is 2. The molecule has 0 bridgehead atoms. The molecule has 1 atom stereocenters. The molecule has 5 nitrogen and oxygen atoms in total. The molecule has 0 spiro atoms. The van der Waals surface area contributed by atoms with Crippen LogP contribution < -0.4 is 0 Å². The molecule has 0 aromatic carbocycles. The highest BCUT2D eigenvalue weighted by molar-refractivity contribution is 7.89. The Morgan fingerprint density at radius 1 is 1.55 bits per heavy atom. The van der Waals surface area contributed by atoms with Gasteiger partial charge in [-0.1, -0.05) is 0 Å². The summed E-state index contributed by atoms with van der Waals surface area (Å²) in [5, 5.41) is 11.1. The molecular weight excluding hydrogens is 296 g/mol. The highest BCUT2D eigenvalue weighted by Gasteiger charge is 2.33. The first-order valence-electron chi connectivity index (χ1n) is 6.72. The molecule has 1 aliphatic rings. The second kappa shape index (κ2) is 6.11. The average Bonchev–Trinajstić information content (AvgIpc) is 2.79. The number of rotatable bonds is 4. The van der Waals surface area contributed by atoms with Gasteiger partial charge in [-0.05, 0) is 44.3 Å². The molecule has 0 amide bonds. The fourth-order valence-electron chi connectivity index (χ4n) is 2.72. The summed E-state index contributed by atoms with van der Waals surface area (Å²) < 4.78 is 27.1. The number of aryl methyl sites for hydroxylation is 1. The van der Waals surface area contributed by atoms with Gasteiger partial charge in [0.15, 0.2) is 0 Å². The van der Waals surface area contributed by atoms with Gasteiger partial charge in [0.05, 0.1) is 11.5 Å². The van der Waals surface area contributed by atoms with Gasteiger partial charge in [-0.15, -0.1) is 11.3 Å². The summed E-state index contributed by atoms with van der Waals surface area (Å²) >= 11 is 1.30. The summed E-state index contributed by atoms with van der Waals surface area (Å²) in [6.45, 7) is 3.33. The molecule has 0 aliphatic carbocycles. The molecular formula is C13H22N2O3S2. The Hall–Kier alpha value is -0.470. The van der Waals surface area contributed by atoms with Crippen molar-refractivity contribution in [3.05, 3.63) is 15.8 Å². The lowest BCUT2D eigenvalue weighted by molar-refractivity contribution is 0.187. The van der Waals surface area contributed by atoms with E-state index in [0.29, 0.717) is 9.77 Å². The Balaban J connectivity index is 2.31. The monoisotopic (exact) mass is 318 g/mol. The Kier molecular flexibility index (Phi) is 4.86. The zero-order valence-corrected chi connectivity index (χ0v) is 13.8. The average molecular weight is 318 g/mol. The van der Waals surface area contributed by atoms with E-state index in [0.717, 1.165) is 31.5 Å². The molecule has 114 valence electrons. The highest BCUT2D eigenvalue weighted by Crippen LogP contribution is 2.31. The molecule has 20 heavy (non-hydrogen) atoms. The first kappa shape index (κ1) is 15.9. The van der Waals surface area contributed by atoms with Crippen LogP contribution in [-0.4, -0.2) is 56.0 Å². The zero-order chi connectivity index (χ0) is 14.9. The number of likely N-dealkylation sites (tertiary alicyclic amines) is 1. The topological polar surface area (TPSA) is 60.9 Å². The van der Waals surface area contributed by atoms with Crippen LogP contribution in [0.4, 0.5) is 0 Å². The van der Waals surface area contributed by atoms with Crippen LogP contribution in [0.25, 0.3) is 0 Å². The lowest BCUT2D eigenvalue weighted by Gasteiger charge is -2.35. The number of thiophene rings is 1. The second-order valence-corrected chi connectivity index (χ2v) is 8.31. The first-order chi connectivity index (χ1) is 9.37. The molecule has 0 saturated carbocycles. The number of piperidine rings is 1. The molecule has 1 aromatic rings. The van der Waals surface area contributed by atoms with Crippen LogP contribution in [0.3, 0.4) is 0 Å². The Morgan fingerprint density at radius 3 is 2.85 bits per heavy atom. The molecule has 1 fully saturated rings. The van der Waals surface area contributed by atoms with Crippen molar-refractivity contribution in [2.24, 2.45) is 0 Å². The van der Waals surface area contributed by atoms with E-state index < -0.39 is 10.0 Å². The SMILES string of the molecule is Cc1csc(CO)c1S(=O)(=O)N(C)C1CCCN(C)C1. The van der Waals surface area contributed by atoms with Gasteiger partial charge in [-0.25, -0.2) is 8.42 Å². The van der Waals surface area contributed by atoms with E-state index in [1.165, 1.54) is 15.6 Å². The Morgan fingerprint density at radius 2 is 2.25 bits per heavy atom. The van der Waals surface area contributed by atoms with Crippen LogP contribution >= 0.6 is 11.3 Å². The van der Waals surface area contributed by atoms with Gasteiger partial charge >= 0.3 is 0 Å². The molecule has 2 rings (SSSR count). The Labute approximate surface area is 124 Å². The molecule has 2 heterocycles. The van der Waals surface area contributed by atoms with Crippen molar-refractivity contribution in [3.63, 3.8) is 0 Å². The molecule has 7 heteroatoms. The van der Waals surface area contributed by atoms with Crippen LogP contribution in [-0.2, 0) is 16.6 Å². The van der Waals surface area contributed by atoms with E-state index in [4.69, 9.17) is 0 Å². The smallest absolute Gasteiger partial charge is 0.244 e. The summed E-state index contributed by atoms with van der Waals surface area (Å²) in [5.41, 5.74) is 0.718. The first-order valence-corrected chi connectivity index (χ1v) is 9.04. The number of aliphatic hydroxyl groups is 1. The molecule has 0 radical (unpaired) electrons. The van der Waals surface area contributed by atoms with Crippen LogP contribution in [0.5, 0.6) is 0 Å². The van der Waals surface area contributed by atoms with E-state index in [1.807, 2.05) is 7.05 Å². The van der Waals surface area contributed by atoms with E-state index in [1.54, 1.807) is 19.4 Å². The minimum Gasteiger partial charge on any atom is -0.391 e. The maximum absolute atomic E-state index is 12.8. The third-order valence-electron chi connectivity index (χ3n) is 3.88. The second-order valence-electron chi connectivity index (χ2n) is 5.41. The molecule has 1 N–H and O–H groups in total. The number of hydrogen-bond donors (Lipinski definition) is 1. The standard InChI is InChI=1S/C13H22N2O3S2/c1-10-9-19-12(8-16)13(10)20(17,18)15(3)11-5-4-6-14(2)7-11/h9,11,16H,4-8H2,1-3H3. The number of hydrogen-bond acceptors (Lipinski definition) is 5. The number of aliphatic hydroxyl groups excluding tert-OH is 1. The van der Waals surface area contributed by atoms with Gasteiger partial charge < -0.3 is 10.0 Å². The fourth-order valence-corrected chi connectivity index (χ4v) is 5.70. The van der Waals surface area contributed by atoms with Crippen molar-refractivity contribution in [3.8, 4) is 0 Å². The van der Waals surface area contributed by atoms with Gasteiger partial charge in [0.1, 0.15) is 4.90 Å². The lowest BCUT2D eigenvalue weighted by atomic mass is 10.1. The summed E-state index contributed by atoms with van der Waals surface area (Å²) in [7, 11) is 0.131. The third-order valence-corrected chi connectivity index (χ3v) is 7.24. The zero-order valence-electron chi connectivity index (χ0n) is 12.2. The largest absolute Gasteiger partial charge is 0.391 e. The lowest BCUT2D eigenvalue weighted by Crippen LogP contribution is -2.47. The van der Waals surface area contributed by atoms with Crippen molar-refractivity contribution in [2.45, 2.75) is 37.3 Å². The van der Waals surface area contributed by atoms with Gasteiger partial charge in [-0.2, -0.15) is 4.31 Å². The quantitative estimate of drug-likeness (QED) is 0.908. The van der Waals surface area contributed by atoms with Crippen LogP contribution in [0.1, 0.15) is 23.3 Å². The van der Waals surface area contributed by atoms with Crippen molar-refractivity contribution in [2.75, 3.05) is 27.2 Å². The molecule has 1 aliphatic heterocycles. The normalized spacial score (nSPS) is 21.6. The summed E-state index contributed by atoms with van der Waals surface area (Å²) in [5.74, 6) is 0. The fraction of sp³-hybridized carbons (Fsp3) is 0.692. The number of likely N-dealkylation sites (N-methyl/N-ethyl adjacent to an activating group) is 2. The van der Waals surface area contributed by atoms with Gasteiger partial charge in [0.2, 0.25) is 10.0 Å². The van der Waals surface area contributed by atoms with Gasteiger partial charge in [0, 0.05) is 19.6 Å². The van der Waals surface area contributed by atoms with Crippen LogP contribution in [0.15, 0.2) is 10.3 Å². The minimum atomic E-state index is -3.54. The maximum Gasteiger partial charge on any atom is 0.244 e. The summed E-state index contributed by atoms with van der Waals surface area (Å²) in [6.07, 6.45) is 1.90. The van der Waals surface area contributed by atoms with E-state index in [2.05, 4.69) is 4.90 Å². The van der Waals surface area contributed by atoms with Crippen molar-refractivity contribution >= 4 is 21.4 Å². The summed E-state index contributed by atoms with van der Waals surface area (Å²) in [6, 6.07) is 0.00425.